The second-order valence-corrected chi connectivity index (χ2v) is 11.4. The molecule has 0 spiro atoms. The summed E-state index contributed by atoms with van der Waals surface area (Å²) in [7, 11) is 0. The van der Waals surface area contributed by atoms with Gasteiger partial charge in [-0.05, 0) is 58.7 Å². The zero-order chi connectivity index (χ0) is 26.7. The first kappa shape index (κ1) is 26.7. The number of carbonyl (C=O) groups is 2. The van der Waals surface area contributed by atoms with Gasteiger partial charge in [0.2, 0.25) is 0 Å². The molecule has 3 amide bonds. The van der Waals surface area contributed by atoms with Crippen LogP contribution in [-0.2, 0) is 10.8 Å². The van der Waals surface area contributed by atoms with E-state index in [-0.39, 0.29) is 16.6 Å². The molecular weight excluding hydrogens is 474 g/mol. The number of hydrazine groups is 1. The van der Waals surface area contributed by atoms with Gasteiger partial charge in [-0.2, -0.15) is 0 Å². The van der Waals surface area contributed by atoms with E-state index in [1.165, 1.54) is 11.3 Å². The molecule has 1 aromatic heterocycles. The van der Waals surface area contributed by atoms with Crippen molar-refractivity contribution in [3.8, 4) is 5.75 Å². The number of nitrogens with zero attached hydrogens (tertiary/aromatic N) is 1. The third kappa shape index (κ3) is 6.63. The maximum Gasteiger partial charge on any atom is 0.337 e. The van der Waals surface area contributed by atoms with Crippen molar-refractivity contribution in [2.24, 2.45) is 10.7 Å². The Morgan fingerprint density at radius 1 is 0.917 bits per heavy atom. The summed E-state index contributed by atoms with van der Waals surface area (Å²) in [6.45, 7) is 12.0. The van der Waals surface area contributed by atoms with E-state index in [0.717, 1.165) is 16.0 Å². The van der Waals surface area contributed by atoms with Crippen LogP contribution >= 0.6 is 11.3 Å². The Labute approximate surface area is 215 Å². The number of aliphatic imine (C=N–C) groups is 1. The topological polar surface area (TPSA) is 129 Å². The van der Waals surface area contributed by atoms with Crippen LogP contribution in [0.1, 0.15) is 67.9 Å². The van der Waals surface area contributed by atoms with Crippen molar-refractivity contribution in [1.82, 2.24) is 10.9 Å². The summed E-state index contributed by atoms with van der Waals surface area (Å²) in [6.07, 6.45) is 0. The first-order valence-electron chi connectivity index (χ1n) is 11.5. The Hall–Kier alpha value is -3.85. The number of phenols is 1. The molecule has 0 radical (unpaired) electrons. The SMILES string of the molecule is CC(C)(C)c1cc(NC(=O)NNC(=O)c2ccc(N=C(N)c3cccs3)cc2)cc(C(C)(C)C)c1O. The lowest BCUT2D eigenvalue weighted by Gasteiger charge is -2.28. The fraction of sp³-hybridized carbons (Fsp3) is 0.296. The molecule has 1 heterocycles. The summed E-state index contributed by atoms with van der Waals surface area (Å²) in [4.78, 5) is 30.2. The normalized spacial score (nSPS) is 12.2. The number of aromatic hydroxyl groups is 1. The van der Waals surface area contributed by atoms with E-state index in [0.29, 0.717) is 22.8 Å². The summed E-state index contributed by atoms with van der Waals surface area (Å²) in [5.74, 6) is 0.140. The molecule has 0 saturated heterocycles. The molecule has 0 aliphatic heterocycles. The van der Waals surface area contributed by atoms with Crippen molar-refractivity contribution in [2.75, 3.05) is 5.32 Å². The number of urea groups is 1. The molecule has 0 bridgehead atoms. The predicted octanol–water partition coefficient (Wildman–Crippen LogP) is 5.55. The fourth-order valence-corrected chi connectivity index (χ4v) is 4.13. The van der Waals surface area contributed by atoms with Crippen LogP contribution < -0.4 is 21.9 Å². The van der Waals surface area contributed by atoms with Gasteiger partial charge in [0, 0.05) is 22.4 Å². The number of thiophene rings is 1. The molecule has 36 heavy (non-hydrogen) atoms. The number of anilines is 1. The molecule has 0 fully saturated rings. The van der Waals surface area contributed by atoms with Gasteiger partial charge in [0.25, 0.3) is 5.91 Å². The largest absolute Gasteiger partial charge is 0.507 e. The highest BCUT2D eigenvalue weighted by atomic mass is 32.1. The first-order chi connectivity index (χ1) is 16.8. The number of nitrogens with one attached hydrogen (secondary N) is 3. The Bertz CT molecular complexity index is 1230. The molecule has 8 nitrogen and oxygen atoms in total. The van der Waals surface area contributed by atoms with Crippen molar-refractivity contribution in [3.63, 3.8) is 0 Å². The number of benzene rings is 2. The van der Waals surface area contributed by atoms with Crippen LogP contribution in [0.2, 0.25) is 0 Å². The Morgan fingerprint density at radius 2 is 1.50 bits per heavy atom. The van der Waals surface area contributed by atoms with Crippen molar-refractivity contribution in [3.05, 3.63) is 75.5 Å². The molecular formula is C27H33N5O3S. The molecule has 3 aromatic rings. The van der Waals surface area contributed by atoms with Gasteiger partial charge in [0.1, 0.15) is 11.6 Å². The minimum atomic E-state index is -0.612. The van der Waals surface area contributed by atoms with Gasteiger partial charge >= 0.3 is 6.03 Å². The van der Waals surface area contributed by atoms with E-state index in [4.69, 9.17) is 5.73 Å². The van der Waals surface area contributed by atoms with Gasteiger partial charge in [-0.15, -0.1) is 11.3 Å². The lowest BCUT2D eigenvalue weighted by molar-refractivity contribution is 0.0938. The third-order valence-electron chi connectivity index (χ3n) is 5.43. The molecule has 3 rings (SSSR count). The highest BCUT2D eigenvalue weighted by Gasteiger charge is 2.27. The van der Waals surface area contributed by atoms with Crippen LogP contribution in [0.25, 0.3) is 0 Å². The zero-order valence-electron chi connectivity index (χ0n) is 21.4. The Morgan fingerprint density at radius 3 is 2.00 bits per heavy atom. The molecule has 0 unspecified atom stereocenters. The molecule has 0 aliphatic carbocycles. The number of amidine groups is 1. The molecule has 9 heteroatoms. The standard InChI is InChI=1S/C27H33N5O3S/c1-26(2,3)19-14-18(15-20(22(19)33)27(4,5)6)30-25(35)32-31-24(34)16-9-11-17(12-10-16)29-23(28)21-8-7-13-36-21/h7-15,33H,1-6H3,(H2,28,29)(H,31,34)(H2,30,32,35). The van der Waals surface area contributed by atoms with Crippen molar-refractivity contribution in [1.29, 1.82) is 0 Å². The second-order valence-electron chi connectivity index (χ2n) is 10.5. The Balaban J connectivity index is 1.66. The minimum absolute atomic E-state index is 0.221. The molecule has 2 aromatic carbocycles. The summed E-state index contributed by atoms with van der Waals surface area (Å²) in [5, 5.41) is 15.5. The lowest BCUT2D eigenvalue weighted by atomic mass is 9.79. The number of amides is 3. The first-order valence-corrected chi connectivity index (χ1v) is 12.4. The zero-order valence-corrected chi connectivity index (χ0v) is 22.2. The summed E-state index contributed by atoms with van der Waals surface area (Å²) in [6, 6.07) is 13.2. The maximum absolute atomic E-state index is 12.5. The monoisotopic (exact) mass is 507 g/mol. The predicted molar refractivity (Wildman–Crippen MR) is 146 cm³/mol. The van der Waals surface area contributed by atoms with E-state index >= 15 is 0 Å². The van der Waals surface area contributed by atoms with Gasteiger partial charge in [-0.25, -0.2) is 15.2 Å². The van der Waals surface area contributed by atoms with Crippen LogP contribution in [0.5, 0.6) is 5.75 Å². The van der Waals surface area contributed by atoms with Gasteiger partial charge in [0.15, 0.2) is 0 Å². The highest BCUT2D eigenvalue weighted by molar-refractivity contribution is 7.12. The number of nitrogens with two attached hydrogens (primary N) is 1. The number of hydrogen-bond donors (Lipinski definition) is 5. The smallest absolute Gasteiger partial charge is 0.337 e. The fourth-order valence-electron chi connectivity index (χ4n) is 3.50. The van der Waals surface area contributed by atoms with E-state index in [1.54, 1.807) is 36.4 Å². The number of phenolic OH excluding ortho intramolecular Hbond substituents is 1. The maximum atomic E-state index is 12.5. The van der Waals surface area contributed by atoms with Crippen molar-refractivity contribution in [2.45, 2.75) is 52.4 Å². The van der Waals surface area contributed by atoms with Gasteiger partial charge in [-0.1, -0.05) is 47.6 Å². The van der Waals surface area contributed by atoms with E-state index < -0.39 is 11.9 Å². The van der Waals surface area contributed by atoms with Crippen molar-refractivity contribution >= 4 is 40.5 Å². The minimum Gasteiger partial charge on any atom is -0.507 e. The molecule has 0 aliphatic rings. The third-order valence-corrected chi connectivity index (χ3v) is 6.32. The van der Waals surface area contributed by atoms with E-state index in [1.807, 2.05) is 59.1 Å². The van der Waals surface area contributed by atoms with Gasteiger partial charge < -0.3 is 16.2 Å². The summed E-state index contributed by atoms with van der Waals surface area (Å²) in [5.41, 5.74) is 13.0. The summed E-state index contributed by atoms with van der Waals surface area (Å²) >= 11 is 1.49. The van der Waals surface area contributed by atoms with E-state index in [9.17, 15) is 14.7 Å². The quantitative estimate of drug-likeness (QED) is 0.137. The lowest BCUT2D eigenvalue weighted by Crippen LogP contribution is -2.44. The van der Waals surface area contributed by atoms with Crippen LogP contribution in [0, 0.1) is 0 Å². The number of rotatable bonds is 4. The van der Waals surface area contributed by atoms with Crippen LogP contribution in [-0.4, -0.2) is 22.9 Å². The average molecular weight is 508 g/mol. The molecule has 0 atom stereocenters. The molecule has 6 N–H and O–H groups in total. The van der Waals surface area contributed by atoms with Crippen molar-refractivity contribution < 1.29 is 14.7 Å². The molecule has 0 saturated carbocycles. The van der Waals surface area contributed by atoms with Crippen LogP contribution in [0.15, 0.2) is 58.9 Å². The van der Waals surface area contributed by atoms with Crippen LogP contribution in [0.3, 0.4) is 0 Å². The summed E-state index contributed by atoms with van der Waals surface area (Å²) < 4.78 is 0. The van der Waals surface area contributed by atoms with Gasteiger partial charge in [-0.3, -0.25) is 10.2 Å². The number of hydrogen-bond acceptors (Lipinski definition) is 5. The number of carbonyl (C=O) groups excluding carboxylic acids is 2. The van der Waals surface area contributed by atoms with Crippen LogP contribution in [0.4, 0.5) is 16.2 Å². The molecule has 190 valence electrons. The highest BCUT2D eigenvalue weighted by Crippen LogP contribution is 2.41. The van der Waals surface area contributed by atoms with E-state index in [2.05, 4.69) is 21.2 Å². The Kier molecular flexibility index (Phi) is 7.74. The average Bonchev–Trinajstić information content (AvgIpc) is 3.33. The second kappa shape index (κ2) is 10.4. The van der Waals surface area contributed by atoms with Gasteiger partial charge in [0.05, 0.1) is 10.6 Å².